The van der Waals surface area contributed by atoms with Gasteiger partial charge < -0.3 is 15.4 Å². The Morgan fingerprint density at radius 2 is 1.71 bits per heavy atom. The van der Waals surface area contributed by atoms with Gasteiger partial charge >= 0.3 is 0 Å². The van der Waals surface area contributed by atoms with Crippen LogP contribution in [-0.4, -0.2) is 42.0 Å². The Kier molecular flexibility index (Phi) is 5.87. The summed E-state index contributed by atoms with van der Waals surface area (Å²) < 4.78 is 5.94. The Morgan fingerprint density at radius 3 is 2.42 bits per heavy atom. The number of ether oxygens (including phenoxy) is 1. The van der Waals surface area contributed by atoms with E-state index in [1.165, 1.54) is 5.56 Å². The molecule has 158 valence electrons. The molecule has 0 radical (unpaired) electrons. The normalized spacial score (nSPS) is 18.5. The van der Waals surface area contributed by atoms with Crippen LogP contribution in [0.4, 0.5) is 0 Å². The molecule has 0 spiro atoms. The molecule has 5 nitrogen and oxygen atoms in total. The molecule has 3 aromatic rings. The number of carbonyl (C=O) groups excluding carboxylic acids is 2. The molecule has 1 aliphatic heterocycles. The fourth-order valence-corrected chi connectivity index (χ4v) is 4.00. The quantitative estimate of drug-likeness (QED) is 0.693. The molecule has 2 amide bonds. The molecule has 2 N–H and O–H groups in total. The molecule has 1 unspecified atom stereocenters. The third-order valence-electron chi connectivity index (χ3n) is 5.74. The van der Waals surface area contributed by atoms with Gasteiger partial charge in [-0.2, -0.15) is 0 Å². The Balaban J connectivity index is 1.59. The third-order valence-corrected chi connectivity index (χ3v) is 5.74. The van der Waals surface area contributed by atoms with Gasteiger partial charge in [0.2, 0.25) is 0 Å². The van der Waals surface area contributed by atoms with Crippen molar-refractivity contribution in [2.75, 3.05) is 19.7 Å². The predicted octanol–water partition coefficient (Wildman–Crippen LogP) is 3.60. The second-order valence-electron chi connectivity index (χ2n) is 8.04. The largest absolute Gasteiger partial charge is 0.367 e. The summed E-state index contributed by atoms with van der Waals surface area (Å²) in [4.78, 5) is 27.1. The second-order valence-corrected chi connectivity index (χ2v) is 8.04. The Morgan fingerprint density at radius 1 is 0.968 bits per heavy atom. The van der Waals surface area contributed by atoms with Gasteiger partial charge in [-0.05, 0) is 35.7 Å². The number of primary amides is 1. The van der Waals surface area contributed by atoms with Gasteiger partial charge in [-0.1, -0.05) is 72.3 Å². The zero-order valence-corrected chi connectivity index (χ0v) is 17.6. The molecule has 3 aromatic carbocycles. The fraction of sp³-hybridized carbons (Fsp3) is 0.231. The number of rotatable bonds is 5. The molecule has 1 atom stereocenters. The predicted molar refractivity (Wildman–Crippen MR) is 121 cm³/mol. The highest BCUT2D eigenvalue weighted by Gasteiger charge is 2.44. The van der Waals surface area contributed by atoms with Gasteiger partial charge in [0.1, 0.15) is 0 Å². The monoisotopic (exact) mass is 414 g/mol. The molecule has 0 aromatic heterocycles. The molecule has 1 aliphatic rings. The first-order valence-electron chi connectivity index (χ1n) is 10.4. The lowest BCUT2D eigenvalue weighted by atomic mass is 9.90. The van der Waals surface area contributed by atoms with E-state index in [4.69, 9.17) is 10.5 Å². The van der Waals surface area contributed by atoms with Crippen LogP contribution in [0, 0.1) is 6.92 Å². The SMILES string of the molecule is Cc1ccc(-c2cccc(CC3(C(N)=O)CN(C(=O)c4ccccc4)CCO3)c2)cc1. The summed E-state index contributed by atoms with van der Waals surface area (Å²) in [6.07, 6.45) is 0.306. The fourth-order valence-electron chi connectivity index (χ4n) is 4.00. The van der Waals surface area contributed by atoms with Crippen LogP contribution in [0.2, 0.25) is 0 Å². The number of benzene rings is 3. The maximum atomic E-state index is 12.9. The van der Waals surface area contributed by atoms with E-state index < -0.39 is 11.5 Å². The minimum atomic E-state index is -1.26. The number of hydrogen-bond acceptors (Lipinski definition) is 3. The van der Waals surface area contributed by atoms with Crippen LogP contribution in [0.3, 0.4) is 0 Å². The standard InChI is InChI=1S/C26H26N2O3/c1-19-10-12-21(13-11-19)23-9-5-6-20(16-23)17-26(25(27)30)18-28(14-15-31-26)24(29)22-7-3-2-4-8-22/h2-13,16H,14-15,17-18H2,1H3,(H2,27,30). The highest BCUT2D eigenvalue weighted by atomic mass is 16.5. The van der Waals surface area contributed by atoms with E-state index in [1.54, 1.807) is 17.0 Å². The summed E-state index contributed by atoms with van der Waals surface area (Å²) in [6.45, 7) is 2.87. The lowest BCUT2D eigenvalue weighted by Crippen LogP contribution is -2.61. The molecule has 0 saturated carbocycles. The van der Waals surface area contributed by atoms with Crippen molar-refractivity contribution in [2.24, 2.45) is 5.73 Å². The van der Waals surface area contributed by atoms with Crippen molar-refractivity contribution < 1.29 is 14.3 Å². The average molecular weight is 415 g/mol. The lowest BCUT2D eigenvalue weighted by molar-refractivity contribution is -0.153. The topological polar surface area (TPSA) is 72.6 Å². The summed E-state index contributed by atoms with van der Waals surface area (Å²) in [7, 11) is 0. The van der Waals surface area contributed by atoms with Crippen LogP contribution in [0.25, 0.3) is 11.1 Å². The zero-order valence-electron chi connectivity index (χ0n) is 17.6. The van der Waals surface area contributed by atoms with Gasteiger partial charge in [0.05, 0.1) is 13.2 Å². The van der Waals surface area contributed by atoms with E-state index >= 15 is 0 Å². The molecule has 1 heterocycles. The van der Waals surface area contributed by atoms with Crippen molar-refractivity contribution in [3.63, 3.8) is 0 Å². The van der Waals surface area contributed by atoms with E-state index in [0.29, 0.717) is 18.5 Å². The number of hydrogen-bond donors (Lipinski definition) is 1. The van der Waals surface area contributed by atoms with Gasteiger partial charge in [-0.15, -0.1) is 0 Å². The molecule has 0 bridgehead atoms. The summed E-state index contributed by atoms with van der Waals surface area (Å²) in [5.74, 6) is -0.679. The van der Waals surface area contributed by atoms with Gasteiger partial charge in [-0.25, -0.2) is 0 Å². The van der Waals surface area contributed by atoms with Crippen molar-refractivity contribution in [3.8, 4) is 11.1 Å². The molecule has 0 aliphatic carbocycles. The molecule has 5 heteroatoms. The Labute approximate surface area is 182 Å². The number of aryl methyl sites for hydroxylation is 1. The molecule has 1 fully saturated rings. The second kappa shape index (κ2) is 8.74. The Bertz CT molecular complexity index is 1080. The zero-order chi connectivity index (χ0) is 21.8. The highest BCUT2D eigenvalue weighted by molar-refractivity contribution is 5.95. The van der Waals surface area contributed by atoms with E-state index in [9.17, 15) is 9.59 Å². The summed E-state index contributed by atoms with van der Waals surface area (Å²) >= 11 is 0. The first-order chi connectivity index (χ1) is 15.0. The first kappa shape index (κ1) is 20.8. The van der Waals surface area contributed by atoms with Crippen LogP contribution in [-0.2, 0) is 16.0 Å². The van der Waals surface area contributed by atoms with Gasteiger partial charge in [0, 0.05) is 18.5 Å². The summed E-state index contributed by atoms with van der Waals surface area (Å²) in [5, 5.41) is 0. The van der Waals surface area contributed by atoms with Gasteiger partial charge in [0.15, 0.2) is 5.60 Å². The minimum Gasteiger partial charge on any atom is -0.367 e. The number of carbonyl (C=O) groups is 2. The Hall–Kier alpha value is -3.44. The number of amides is 2. The summed E-state index contributed by atoms with van der Waals surface area (Å²) in [6, 6.07) is 25.4. The number of nitrogens with two attached hydrogens (primary N) is 1. The van der Waals surface area contributed by atoms with E-state index in [2.05, 4.69) is 37.3 Å². The van der Waals surface area contributed by atoms with Crippen molar-refractivity contribution >= 4 is 11.8 Å². The van der Waals surface area contributed by atoms with Crippen LogP contribution in [0.5, 0.6) is 0 Å². The van der Waals surface area contributed by atoms with Crippen LogP contribution in [0.1, 0.15) is 21.5 Å². The van der Waals surface area contributed by atoms with Crippen LogP contribution >= 0.6 is 0 Å². The average Bonchev–Trinajstić information content (AvgIpc) is 2.80. The third kappa shape index (κ3) is 4.52. The highest BCUT2D eigenvalue weighted by Crippen LogP contribution is 2.27. The molecule has 4 rings (SSSR count). The van der Waals surface area contributed by atoms with Crippen molar-refractivity contribution in [1.29, 1.82) is 0 Å². The molecular formula is C26H26N2O3. The molecular weight excluding hydrogens is 388 g/mol. The van der Waals surface area contributed by atoms with Gasteiger partial charge in [-0.3, -0.25) is 9.59 Å². The van der Waals surface area contributed by atoms with Gasteiger partial charge in [0.25, 0.3) is 11.8 Å². The van der Waals surface area contributed by atoms with E-state index in [-0.39, 0.29) is 19.1 Å². The van der Waals surface area contributed by atoms with Crippen molar-refractivity contribution in [3.05, 3.63) is 95.6 Å². The molecule has 1 saturated heterocycles. The van der Waals surface area contributed by atoms with Crippen molar-refractivity contribution in [1.82, 2.24) is 4.90 Å². The van der Waals surface area contributed by atoms with Crippen LogP contribution < -0.4 is 5.73 Å². The first-order valence-corrected chi connectivity index (χ1v) is 10.4. The maximum Gasteiger partial charge on any atom is 0.254 e. The van der Waals surface area contributed by atoms with Crippen LogP contribution in [0.15, 0.2) is 78.9 Å². The molecule has 31 heavy (non-hydrogen) atoms. The maximum absolute atomic E-state index is 12.9. The minimum absolute atomic E-state index is 0.122. The summed E-state index contributed by atoms with van der Waals surface area (Å²) in [5.41, 5.74) is 9.45. The van der Waals surface area contributed by atoms with E-state index in [0.717, 1.165) is 16.7 Å². The lowest BCUT2D eigenvalue weighted by Gasteiger charge is -2.40. The number of morpholine rings is 1. The number of nitrogens with zero attached hydrogens (tertiary/aromatic N) is 1. The smallest absolute Gasteiger partial charge is 0.254 e. The van der Waals surface area contributed by atoms with Crippen molar-refractivity contribution in [2.45, 2.75) is 18.9 Å². The van der Waals surface area contributed by atoms with E-state index in [1.807, 2.05) is 36.4 Å².